The van der Waals surface area contributed by atoms with Crippen LogP contribution in [-0.2, 0) is 13.2 Å². The maximum absolute atomic E-state index is 9.34. The summed E-state index contributed by atoms with van der Waals surface area (Å²) < 4.78 is 7.96. The van der Waals surface area contributed by atoms with E-state index in [4.69, 9.17) is 4.74 Å². The zero-order valence-electron chi connectivity index (χ0n) is 13.2. The molecule has 0 aliphatic rings. The quantitative estimate of drug-likeness (QED) is 0.609. The number of nitrogens with zero attached hydrogens (tertiary/aromatic N) is 2. The summed E-state index contributed by atoms with van der Waals surface area (Å²) in [6.07, 6.45) is 0. The lowest BCUT2D eigenvalue weighted by atomic mass is 10.1. The second kappa shape index (κ2) is 6.34. The molecule has 120 valence electrons. The van der Waals surface area contributed by atoms with Crippen molar-refractivity contribution in [1.82, 2.24) is 9.55 Å². The maximum Gasteiger partial charge on any atom is 0.148 e. The number of hydrogen-bond acceptors (Lipinski definition) is 3. The van der Waals surface area contributed by atoms with Crippen LogP contribution >= 0.6 is 0 Å². The Hall–Kier alpha value is -2.85. The van der Waals surface area contributed by atoms with Gasteiger partial charge in [-0.15, -0.1) is 0 Å². The molecule has 0 aliphatic heterocycles. The van der Waals surface area contributed by atoms with E-state index in [0.29, 0.717) is 13.2 Å². The van der Waals surface area contributed by atoms with Crippen LogP contribution in [0.4, 0.5) is 0 Å². The SMILES string of the molecule is OCCn1c(COc2ccc3ccccc3c2)nc2ccccc21. The molecule has 0 spiro atoms. The molecule has 0 radical (unpaired) electrons. The highest BCUT2D eigenvalue weighted by Crippen LogP contribution is 2.22. The predicted molar refractivity (Wildman–Crippen MR) is 95.1 cm³/mol. The third kappa shape index (κ3) is 2.72. The molecule has 4 heteroatoms. The second-order valence-corrected chi connectivity index (χ2v) is 5.69. The van der Waals surface area contributed by atoms with Gasteiger partial charge < -0.3 is 14.4 Å². The van der Waals surface area contributed by atoms with Gasteiger partial charge in [0.25, 0.3) is 0 Å². The first kappa shape index (κ1) is 14.7. The molecule has 0 aliphatic carbocycles. The highest BCUT2D eigenvalue weighted by atomic mass is 16.5. The summed E-state index contributed by atoms with van der Waals surface area (Å²) in [4.78, 5) is 4.64. The minimum Gasteiger partial charge on any atom is -0.486 e. The number of ether oxygens (including phenoxy) is 1. The largest absolute Gasteiger partial charge is 0.486 e. The molecule has 4 nitrogen and oxygen atoms in total. The fourth-order valence-corrected chi connectivity index (χ4v) is 2.99. The Morgan fingerprint density at radius 3 is 2.58 bits per heavy atom. The maximum atomic E-state index is 9.34. The third-order valence-electron chi connectivity index (χ3n) is 4.15. The lowest BCUT2D eigenvalue weighted by Crippen LogP contribution is -2.09. The summed E-state index contributed by atoms with van der Waals surface area (Å²) in [5.74, 6) is 1.63. The minimum absolute atomic E-state index is 0.0727. The van der Waals surface area contributed by atoms with Gasteiger partial charge in [0.2, 0.25) is 0 Å². The molecule has 0 amide bonds. The van der Waals surface area contributed by atoms with Gasteiger partial charge in [-0.2, -0.15) is 0 Å². The average molecular weight is 318 g/mol. The van der Waals surface area contributed by atoms with Gasteiger partial charge in [0, 0.05) is 6.54 Å². The normalized spacial score (nSPS) is 11.2. The topological polar surface area (TPSA) is 47.3 Å². The third-order valence-corrected chi connectivity index (χ3v) is 4.15. The molecule has 1 N–H and O–H groups in total. The van der Waals surface area contributed by atoms with Crippen LogP contribution in [0.25, 0.3) is 21.8 Å². The Morgan fingerprint density at radius 2 is 1.71 bits per heavy atom. The van der Waals surface area contributed by atoms with E-state index in [-0.39, 0.29) is 6.61 Å². The van der Waals surface area contributed by atoms with Crippen molar-refractivity contribution in [2.75, 3.05) is 6.61 Å². The second-order valence-electron chi connectivity index (χ2n) is 5.69. The Kier molecular flexibility index (Phi) is 3.89. The van der Waals surface area contributed by atoms with Crippen molar-refractivity contribution in [3.8, 4) is 5.75 Å². The Morgan fingerprint density at radius 1 is 0.917 bits per heavy atom. The predicted octanol–water partition coefficient (Wildman–Crippen LogP) is 3.76. The van der Waals surface area contributed by atoms with Crippen LogP contribution in [0.15, 0.2) is 66.7 Å². The first-order chi connectivity index (χ1) is 11.8. The minimum atomic E-state index is 0.0727. The van der Waals surface area contributed by atoms with Crippen molar-refractivity contribution < 1.29 is 9.84 Å². The zero-order valence-corrected chi connectivity index (χ0v) is 13.2. The summed E-state index contributed by atoms with van der Waals surface area (Å²) in [7, 11) is 0. The fraction of sp³-hybridized carbons (Fsp3) is 0.150. The number of fused-ring (bicyclic) bond motifs is 2. The van der Waals surface area contributed by atoms with E-state index < -0.39 is 0 Å². The van der Waals surface area contributed by atoms with Gasteiger partial charge in [-0.1, -0.05) is 42.5 Å². The molecule has 0 saturated carbocycles. The van der Waals surface area contributed by atoms with Crippen molar-refractivity contribution in [1.29, 1.82) is 0 Å². The number of para-hydroxylation sites is 2. The van der Waals surface area contributed by atoms with Crippen molar-refractivity contribution in [2.45, 2.75) is 13.2 Å². The highest BCUT2D eigenvalue weighted by molar-refractivity contribution is 5.83. The molecule has 0 unspecified atom stereocenters. The Labute approximate surface area is 139 Å². The number of aliphatic hydroxyl groups is 1. The van der Waals surface area contributed by atoms with Gasteiger partial charge in [0.15, 0.2) is 0 Å². The van der Waals surface area contributed by atoms with Gasteiger partial charge in [-0.3, -0.25) is 0 Å². The first-order valence-electron chi connectivity index (χ1n) is 8.02. The highest BCUT2D eigenvalue weighted by Gasteiger charge is 2.10. The number of imidazole rings is 1. The summed E-state index contributed by atoms with van der Waals surface area (Å²) in [6.45, 7) is 0.952. The summed E-state index contributed by atoms with van der Waals surface area (Å²) in [5.41, 5.74) is 1.94. The number of rotatable bonds is 5. The molecule has 0 fully saturated rings. The number of aliphatic hydroxyl groups excluding tert-OH is 1. The standard InChI is InChI=1S/C20H18N2O2/c23-12-11-22-19-8-4-3-7-18(19)21-20(22)14-24-17-10-9-15-5-1-2-6-16(15)13-17/h1-10,13,23H,11-12,14H2. The van der Waals surface area contributed by atoms with Crippen LogP contribution in [0.3, 0.4) is 0 Å². The van der Waals surface area contributed by atoms with Gasteiger partial charge >= 0.3 is 0 Å². The first-order valence-corrected chi connectivity index (χ1v) is 8.02. The van der Waals surface area contributed by atoms with Crippen LogP contribution in [0.2, 0.25) is 0 Å². The van der Waals surface area contributed by atoms with Crippen LogP contribution in [0.1, 0.15) is 5.82 Å². The molecule has 4 rings (SSSR count). The Balaban J connectivity index is 1.62. The number of hydrogen-bond donors (Lipinski definition) is 1. The van der Waals surface area contributed by atoms with Crippen LogP contribution in [0.5, 0.6) is 5.75 Å². The fourth-order valence-electron chi connectivity index (χ4n) is 2.99. The van der Waals surface area contributed by atoms with Crippen molar-refractivity contribution in [3.63, 3.8) is 0 Å². The molecule has 4 aromatic rings. The van der Waals surface area contributed by atoms with E-state index in [1.54, 1.807) is 0 Å². The van der Waals surface area contributed by atoms with Crippen molar-refractivity contribution in [3.05, 3.63) is 72.6 Å². The number of benzene rings is 3. The molecule has 1 aromatic heterocycles. The summed E-state index contributed by atoms with van der Waals surface area (Å²) in [6, 6.07) is 22.2. The lowest BCUT2D eigenvalue weighted by molar-refractivity contribution is 0.260. The molecule has 3 aromatic carbocycles. The van der Waals surface area contributed by atoms with E-state index in [1.165, 1.54) is 5.39 Å². The molecular formula is C20H18N2O2. The summed E-state index contributed by atoms with van der Waals surface area (Å²) >= 11 is 0. The van der Waals surface area contributed by atoms with Crippen molar-refractivity contribution in [2.24, 2.45) is 0 Å². The average Bonchev–Trinajstić information content (AvgIpc) is 2.98. The number of aromatic nitrogens is 2. The van der Waals surface area contributed by atoms with E-state index in [0.717, 1.165) is 28.0 Å². The lowest BCUT2D eigenvalue weighted by Gasteiger charge is -2.10. The summed E-state index contributed by atoms with van der Waals surface area (Å²) in [5, 5.41) is 11.7. The van der Waals surface area contributed by atoms with E-state index >= 15 is 0 Å². The van der Waals surface area contributed by atoms with Gasteiger partial charge in [-0.25, -0.2) is 4.98 Å². The molecule has 0 saturated heterocycles. The molecule has 0 bridgehead atoms. The molecule has 0 atom stereocenters. The van der Waals surface area contributed by atoms with E-state index in [9.17, 15) is 5.11 Å². The van der Waals surface area contributed by atoms with Crippen LogP contribution in [-0.4, -0.2) is 21.3 Å². The van der Waals surface area contributed by atoms with E-state index in [1.807, 2.05) is 53.1 Å². The molecular weight excluding hydrogens is 300 g/mol. The monoisotopic (exact) mass is 318 g/mol. The van der Waals surface area contributed by atoms with Crippen LogP contribution < -0.4 is 4.74 Å². The van der Waals surface area contributed by atoms with Crippen LogP contribution in [0, 0.1) is 0 Å². The van der Waals surface area contributed by atoms with Gasteiger partial charge in [-0.05, 0) is 35.0 Å². The van der Waals surface area contributed by atoms with Gasteiger partial charge in [0.05, 0.1) is 17.6 Å². The van der Waals surface area contributed by atoms with E-state index in [2.05, 4.69) is 23.2 Å². The van der Waals surface area contributed by atoms with Gasteiger partial charge in [0.1, 0.15) is 18.2 Å². The molecule has 24 heavy (non-hydrogen) atoms. The Bertz CT molecular complexity index is 991. The van der Waals surface area contributed by atoms with Crippen molar-refractivity contribution >= 4 is 21.8 Å². The zero-order chi connectivity index (χ0) is 16.4. The smallest absolute Gasteiger partial charge is 0.148 e. The molecule has 1 heterocycles.